The SMILES string of the molecule is CC(C)CNCC(C)N1CCN(C)C(C)C1. The van der Waals surface area contributed by atoms with Crippen LogP contribution in [0.4, 0.5) is 0 Å². The third-order valence-corrected chi connectivity index (χ3v) is 3.61. The maximum atomic E-state index is 3.55. The van der Waals surface area contributed by atoms with Crippen molar-refractivity contribution in [2.75, 3.05) is 39.8 Å². The summed E-state index contributed by atoms with van der Waals surface area (Å²) < 4.78 is 0. The highest BCUT2D eigenvalue weighted by atomic mass is 15.3. The molecule has 0 aromatic heterocycles. The number of nitrogens with one attached hydrogen (secondary N) is 1. The molecule has 96 valence electrons. The molecule has 1 aliphatic rings. The molecule has 2 atom stereocenters. The van der Waals surface area contributed by atoms with Crippen molar-refractivity contribution in [1.82, 2.24) is 15.1 Å². The Labute approximate surface area is 101 Å². The highest BCUT2D eigenvalue weighted by Crippen LogP contribution is 2.09. The summed E-state index contributed by atoms with van der Waals surface area (Å²) in [5.41, 5.74) is 0. The lowest BCUT2D eigenvalue weighted by Gasteiger charge is -2.40. The lowest BCUT2D eigenvalue weighted by molar-refractivity contribution is 0.0771. The van der Waals surface area contributed by atoms with Gasteiger partial charge in [0.15, 0.2) is 0 Å². The highest BCUT2D eigenvalue weighted by molar-refractivity contribution is 4.81. The molecule has 0 bridgehead atoms. The molecule has 0 amide bonds. The molecular weight excluding hydrogens is 198 g/mol. The largest absolute Gasteiger partial charge is 0.315 e. The monoisotopic (exact) mass is 227 g/mol. The van der Waals surface area contributed by atoms with Crippen LogP contribution in [0.3, 0.4) is 0 Å². The van der Waals surface area contributed by atoms with E-state index in [9.17, 15) is 0 Å². The second-order valence-corrected chi connectivity index (χ2v) is 5.73. The molecular formula is C13H29N3. The van der Waals surface area contributed by atoms with Crippen molar-refractivity contribution in [1.29, 1.82) is 0 Å². The molecule has 0 aliphatic carbocycles. The van der Waals surface area contributed by atoms with Gasteiger partial charge in [0.25, 0.3) is 0 Å². The van der Waals surface area contributed by atoms with Crippen LogP contribution in [-0.2, 0) is 0 Å². The van der Waals surface area contributed by atoms with E-state index in [1.165, 1.54) is 19.6 Å². The van der Waals surface area contributed by atoms with Crippen molar-refractivity contribution >= 4 is 0 Å². The van der Waals surface area contributed by atoms with Crippen molar-refractivity contribution < 1.29 is 0 Å². The topological polar surface area (TPSA) is 18.5 Å². The molecule has 0 spiro atoms. The molecule has 1 saturated heterocycles. The van der Waals surface area contributed by atoms with Gasteiger partial charge < -0.3 is 10.2 Å². The summed E-state index contributed by atoms with van der Waals surface area (Å²) in [5, 5.41) is 3.55. The fourth-order valence-electron chi connectivity index (χ4n) is 2.19. The first kappa shape index (κ1) is 13.9. The van der Waals surface area contributed by atoms with E-state index in [0.29, 0.717) is 12.1 Å². The van der Waals surface area contributed by atoms with Crippen molar-refractivity contribution in [2.45, 2.75) is 39.8 Å². The average Bonchev–Trinajstić information content (AvgIpc) is 2.21. The molecule has 3 nitrogen and oxygen atoms in total. The predicted octanol–water partition coefficient (Wildman–Crippen LogP) is 1.26. The fraction of sp³-hybridized carbons (Fsp3) is 1.00. The molecule has 16 heavy (non-hydrogen) atoms. The second kappa shape index (κ2) is 6.58. The Morgan fingerprint density at radius 1 is 1.19 bits per heavy atom. The Kier molecular flexibility index (Phi) is 5.73. The minimum absolute atomic E-state index is 0.662. The maximum absolute atomic E-state index is 3.55. The lowest BCUT2D eigenvalue weighted by atomic mass is 10.1. The molecule has 1 N–H and O–H groups in total. The Morgan fingerprint density at radius 2 is 1.88 bits per heavy atom. The molecule has 3 heteroatoms. The normalized spacial score (nSPS) is 26.2. The van der Waals surface area contributed by atoms with Gasteiger partial charge in [-0.1, -0.05) is 13.8 Å². The molecule has 1 rings (SSSR count). The van der Waals surface area contributed by atoms with Crippen molar-refractivity contribution in [3.8, 4) is 0 Å². The average molecular weight is 227 g/mol. The molecule has 1 heterocycles. The molecule has 0 aromatic rings. The number of likely N-dealkylation sites (N-methyl/N-ethyl adjacent to an activating group) is 1. The van der Waals surface area contributed by atoms with E-state index in [-0.39, 0.29) is 0 Å². The van der Waals surface area contributed by atoms with E-state index >= 15 is 0 Å². The van der Waals surface area contributed by atoms with Gasteiger partial charge in [-0.05, 0) is 33.4 Å². The van der Waals surface area contributed by atoms with Crippen LogP contribution in [0.1, 0.15) is 27.7 Å². The van der Waals surface area contributed by atoms with E-state index in [0.717, 1.165) is 19.0 Å². The third kappa shape index (κ3) is 4.40. The van der Waals surface area contributed by atoms with Crippen LogP contribution in [0.2, 0.25) is 0 Å². The van der Waals surface area contributed by atoms with Gasteiger partial charge in [-0.15, -0.1) is 0 Å². The number of hydrogen-bond acceptors (Lipinski definition) is 3. The Bertz CT molecular complexity index is 194. The van der Waals surface area contributed by atoms with E-state index in [1.54, 1.807) is 0 Å². The van der Waals surface area contributed by atoms with Crippen molar-refractivity contribution in [2.24, 2.45) is 5.92 Å². The van der Waals surface area contributed by atoms with Crippen molar-refractivity contribution in [3.05, 3.63) is 0 Å². The Hall–Kier alpha value is -0.120. The summed E-state index contributed by atoms with van der Waals surface area (Å²) in [5.74, 6) is 0.749. The van der Waals surface area contributed by atoms with Crippen molar-refractivity contribution in [3.63, 3.8) is 0 Å². The summed E-state index contributed by atoms with van der Waals surface area (Å²) in [6.07, 6.45) is 0. The van der Waals surface area contributed by atoms with Gasteiger partial charge in [-0.25, -0.2) is 0 Å². The van der Waals surface area contributed by atoms with E-state index in [2.05, 4.69) is 49.9 Å². The van der Waals surface area contributed by atoms with Gasteiger partial charge in [-0.3, -0.25) is 4.90 Å². The van der Waals surface area contributed by atoms with Gasteiger partial charge in [-0.2, -0.15) is 0 Å². The molecule has 0 aromatic carbocycles. The van der Waals surface area contributed by atoms with Gasteiger partial charge >= 0.3 is 0 Å². The van der Waals surface area contributed by atoms with E-state index in [4.69, 9.17) is 0 Å². The summed E-state index contributed by atoms with van der Waals surface area (Å²) in [7, 11) is 2.23. The summed E-state index contributed by atoms with van der Waals surface area (Å²) >= 11 is 0. The number of nitrogens with zero attached hydrogens (tertiary/aromatic N) is 2. The number of rotatable bonds is 5. The van der Waals surface area contributed by atoms with Gasteiger partial charge in [0.1, 0.15) is 0 Å². The van der Waals surface area contributed by atoms with Gasteiger partial charge in [0.2, 0.25) is 0 Å². The standard InChI is InChI=1S/C13H29N3/c1-11(2)8-14-9-12(3)16-7-6-15(5)13(4)10-16/h11-14H,6-10H2,1-5H3. The first-order chi connectivity index (χ1) is 7.50. The zero-order chi connectivity index (χ0) is 12.1. The molecule has 2 unspecified atom stereocenters. The molecule has 0 saturated carbocycles. The minimum atomic E-state index is 0.662. The van der Waals surface area contributed by atoms with Crippen LogP contribution < -0.4 is 5.32 Å². The zero-order valence-corrected chi connectivity index (χ0v) is 11.7. The van der Waals surface area contributed by atoms with Gasteiger partial charge in [0, 0.05) is 38.3 Å². The minimum Gasteiger partial charge on any atom is -0.315 e. The first-order valence-corrected chi connectivity index (χ1v) is 6.65. The number of hydrogen-bond donors (Lipinski definition) is 1. The van der Waals surface area contributed by atoms with Gasteiger partial charge in [0.05, 0.1) is 0 Å². The van der Waals surface area contributed by atoms with E-state index < -0.39 is 0 Å². The number of piperazine rings is 1. The quantitative estimate of drug-likeness (QED) is 0.763. The first-order valence-electron chi connectivity index (χ1n) is 6.65. The molecule has 1 fully saturated rings. The second-order valence-electron chi connectivity index (χ2n) is 5.73. The summed E-state index contributed by atoms with van der Waals surface area (Å²) in [6.45, 7) is 15.1. The zero-order valence-electron chi connectivity index (χ0n) is 11.7. The third-order valence-electron chi connectivity index (χ3n) is 3.61. The summed E-state index contributed by atoms with van der Waals surface area (Å²) in [4.78, 5) is 5.06. The van der Waals surface area contributed by atoms with E-state index in [1.807, 2.05) is 0 Å². The van der Waals surface area contributed by atoms with Crippen LogP contribution in [0.5, 0.6) is 0 Å². The van der Waals surface area contributed by atoms with Crippen LogP contribution in [-0.4, -0.2) is 61.7 Å². The maximum Gasteiger partial charge on any atom is 0.0193 e. The highest BCUT2D eigenvalue weighted by Gasteiger charge is 2.23. The lowest BCUT2D eigenvalue weighted by Crippen LogP contribution is -2.54. The summed E-state index contributed by atoms with van der Waals surface area (Å²) in [6, 6.07) is 1.36. The smallest absolute Gasteiger partial charge is 0.0193 e. The van der Waals surface area contributed by atoms with Crippen LogP contribution in [0.15, 0.2) is 0 Å². The molecule has 0 radical (unpaired) electrons. The van der Waals surface area contributed by atoms with Crippen LogP contribution >= 0.6 is 0 Å². The van der Waals surface area contributed by atoms with Crippen LogP contribution in [0.25, 0.3) is 0 Å². The van der Waals surface area contributed by atoms with Crippen LogP contribution in [0, 0.1) is 5.92 Å². The Morgan fingerprint density at radius 3 is 2.44 bits per heavy atom. The predicted molar refractivity (Wildman–Crippen MR) is 70.8 cm³/mol. The fourth-order valence-corrected chi connectivity index (χ4v) is 2.19. The Balaban J connectivity index is 2.23. The molecule has 1 aliphatic heterocycles.